The zero-order valence-electron chi connectivity index (χ0n) is 11.9. The van der Waals surface area contributed by atoms with Crippen LogP contribution in [0.25, 0.3) is 0 Å². The molecule has 0 spiro atoms. The summed E-state index contributed by atoms with van der Waals surface area (Å²) in [6.07, 6.45) is -0.655. The van der Waals surface area contributed by atoms with Crippen molar-refractivity contribution in [2.75, 3.05) is 32.9 Å². The van der Waals surface area contributed by atoms with E-state index in [1.165, 1.54) is 18.4 Å². The summed E-state index contributed by atoms with van der Waals surface area (Å²) in [6.45, 7) is 3.08. The second kappa shape index (κ2) is 5.76. The third kappa shape index (κ3) is 3.54. The highest BCUT2D eigenvalue weighted by Crippen LogP contribution is 2.21. The van der Waals surface area contributed by atoms with Crippen LogP contribution in [0.3, 0.4) is 0 Å². The van der Waals surface area contributed by atoms with Crippen LogP contribution in [0.2, 0.25) is 0 Å². The fourth-order valence-corrected chi connectivity index (χ4v) is 3.43. The molecule has 20 heavy (non-hydrogen) atoms. The number of hydrogen-bond donors (Lipinski definition) is 1. The number of nitrogens with zero attached hydrogens (tertiary/aromatic N) is 4. The van der Waals surface area contributed by atoms with E-state index < -0.39 is 16.1 Å². The number of aromatic nitrogens is 2. The Morgan fingerprint density at radius 2 is 2.15 bits per heavy atom. The summed E-state index contributed by atoms with van der Waals surface area (Å²) in [6, 6.07) is 0. The highest BCUT2D eigenvalue weighted by atomic mass is 32.2. The lowest BCUT2D eigenvalue weighted by molar-refractivity contribution is 0.147. The van der Waals surface area contributed by atoms with Crippen molar-refractivity contribution in [2.45, 2.75) is 19.6 Å². The number of aliphatic hydroxyl groups excluding tert-OH is 1. The minimum atomic E-state index is -3.31. The largest absolute Gasteiger partial charge is 0.391 e. The van der Waals surface area contributed by atoms with Gasteiger partial charge in [0, 0.05) is 40.0 Å². The molecule has 1 aliphatic heterocycles. The van der Waals surface area contributed by atoms with Gasteiger partial charge >= 0.3 is 0 Å². The molecule has 1 saturated heterocycles. The van der Waals surface area contributed by atoms with Crippen molar-refractivity contribution < 1.29 is 18.0 Å². The molecule has 0 unspecified atom stereocenters. The van der Waals surface area contributed by atoms with E-state index in [0.717, 1.165) is 0 Å². The van der Waals surface area contributed by atoms with E-state index in [4.69, 9.17) is 4.52 Å². The van der Waals surface area contributed by atoms with Crippen LogP contribution in [0.4, 0.5) is 0 Å². The van der Waals surface area contributed by atoms with Crippen molar-refractivity contribution in [3.8, 4) is 0 Å². The first kappa shape index (κ1) is 15.4. The predicted molar refractivity (Wildman–Crippen MR) is 71.3 cm³/mol. The monoisotopic (exact) mass is 304 g/mol. The van der Waals surface area contributed by atoms with Gasteiger partial charge in [0.05, 0.1) is 18.4 Å². The molecule has 1 aromatic heterocycles. The Balaban J connectivity index is 1.95. The standard InChI is InChI=1S/C11H20N4O4S/c1-8-12-11(13-19-8)6-15-4-9(10(16)5-15)7-20(17,18)14(2)3/h9-10,16H,4-7H2,1-3H3/t9-,10-/m0/s1. The van der Waals surface area contributed by atoms with E-state index in [1.54, 1.807) is 6.92 Å². The average molecular weight is 304 g/mol. The topological polar surface area (TPSA) is 99.8 Å². The fraction of sp³-hybridized carbons (Fsp3) is 0.818. The molecule has 0 bridgehead atoms. The van der Waals surface area contributed by atoms with Crippen LogP contribution in [-0.4, -0.2) is 71.9 Å². The van der Waals surface area contributed by atoms with Crippen molar-refractivity contribution in [1.82, 2.24) is 19.3 Å². The molecule has 1 fully saturated rings. The molecule has 2 atom stereocenters. The first-order valence-electron chi connectivity index (χ1n) is 6.38. The van der Waals surface area contributed by atoms with E-state index in [-0.39, 0.29) is 11.7 Å². The van der Waals surface area contributed by atoms with Crippen molar-refractivity contribution >= 4 is 10.0 Å². The summed E-state index contributed by atoms with van der Waals surface area (Å²) in [7, 11) is -0.317. The lowest BCUT2D eigenvalue weighted by Crippen LogP contribution is -2.33. The van der Waals surface area contributed by atoms with E-state index in [1.807, 2.05) is 4.90 Å². The van der Waals surface area contributed by atoms with Crippen LogP contribution in [-0.2, 0) is 16.6 Å². The molecule has 0 saturated carbocycles. The zero-order chi connectivity index (χ0) is 14.9. The maximum Gasteiger partial charge on any atom is 0.223 e. The van der Waals surface area contributed by atoms with Gasteiger partial charge in [-0.15, -0.1) is 0 Å². The molecule has 1 aromatic rings. The highest BCUT2D eigenvalue weighted by Gasteiger charge is 2.35. The van der Waals surface area contributed by atoms with Crippen LogP contribution < -0.4 is 0 Å². The Hall–Kier alpha value is -1.03. The van der Waals surface area contributed by atoms with Crippen LogP contribution in [0.1, 0.15) is 11.7 Å². The van der Waals surface area contributed by atoms with E-state index in [2.05, 4.69) is 10.1 Å². The third-order valence-corrected chi connectivity index (χ3v) is 5.36. The molecule has 1 aliphatic rings. The number of hydrogen-bond acceptors (Lipinski definition) is 7. The Kier molecular flexibility index (Phi) is 4.43. The maximum atomic E-state index is 11.9. The van der Waals surface area contributed by atoms with Gasteiger partial charge in [0.2, 0.25) is 15.9 Å². The van der Waals surface area contributed by atoms with Gasteiger partial charge in [-0.25, -0.2) is 12.7 Å². The summed E-state index contributed by atoms with van der Waals surface area (Å²) in [5, 5.41) is 13.8. The normalized spacial score (nSPS) is 24.6. The van der Waals surface area contributed by atoms with Crippen LogP contribution in [0.5, 0.6) is 0 Å². The maximum absolute atomic E-state index is 11.9. The molecule has 0 amide bonds. The number of aryl methyl sites for hydroxylation is 1. The molecule has 114 valence electrons. The first-order chi connectivity index (χ1) is 9.28. The molecule has 0 aromatic carbocycles. The summed E-state index contributed by atoms with van der Waals surface area (Å²) in [5.41, 5.74) is 0. The molecular formula is C11H20N4O4S. The number of β-amino-alcohol motifs (C(OH)–C–C–N with tert-alkyl or cyclic N) is 1. The Morgan fingerprint density at radius 1 is 1.45 bits per heavy atom. The Morgan fingerprint density at radius 3 is 2.70 bits per heavy atom. The minimum absolute atomic E-state index is 0.0526. The van der Waals surface area contributed by atoms with Crippen molar-refractivity contribution in [3.63, 3.8) is 0 Å². The van der Waals surface area contributed by atoms with Crippen LogP contribution in [0.15, 0.2) is 4.52 Å². The van der Waals surface area contributed by atoms with Gasteiger partial charge in [-0.05, 0) is 0 Å². The van der Waals surface area contributed by atoms with Gasteiger partial charge in [0.15, 0.2) is 5.82 Å². The molecule has 8 nitrogen and oxygen atoms in total. The molecule has 9 heteroatoms. The number of likely N-dealkylation sites (tertiary alicyclic amines) is 1. The summed E-state index contributed by atoms with van der Waals surface area (Å²) in [4.78, 5) is 6.03. The van der Waals surface area contributed by atoms with E-state index in [9.17, 15) is 13.5 Å². The fourth-order valence-electron chi connectivity index (χ4n) is 2.26. The van der Waals surface area contributed by atoms with Gasteiger partial charge in [0.1, 0.15) is 0 Å². The Bertz CT molecular complexity index is 557. The number of sulfonamides is 1. The molecular weight excluding hydrogens is 284 g/mol. The average Bonchev–Trinajstić information content (AvgIpc) is 2.86. The second-order valence-electron chi connectivity index (χ2n) is 5.31. The number of aliphatic hydroxyl groups is 1. The predicted octanol–water partition coefficient (Wildman–Crippen LogP) is -0.938. The number of rotatable bonds is 5. The second-order valence-corrected chi connectivity index (χ2v) is 7.54. The van der Waals surface area contributed by atoms with Crippen molar-refractivity contribution in [3.05, 3.63) is 11.7 Å². The Labute approximate surface area is 118 Å². The molecule has 2 heterocycles. The van der Waals surface area contributed by atoms with Crippen molar-refractivity contribution in [2.24, 2.45) is 5.92 Å². The molecule has 2 rings (SSSR count). The third-order valence-electron chi connectivity index (χ3n) is 3.40. The summed E-state index contributed by atoms with van der Waals surface area (Å²) >= 11 is 0. The first-order valence-corrected chi connectivity index (χ1v) is 7.98. The van der Waals surface area contributed by atoms with Crippen LogP contribution >= 0.6 is 0 Å². The van der Waals surface area contributed by atoms with E-state index >= 15 is 0 Å². The molecule has 0 radical (unpaired) electrons. The summed E-state index contributed by atoms with van der Waals surface area (Å²) < 4.78 is 29.8. The zero-order valence-corrected chi connectivity index (χ0v) is 12.7. The van der Waals surface area contributed by atoms with Gasteiger partial charge in [-0.3, -0.25) is 4.90 Å². The van der Waals surface area contributed by atoms with Gasteiger partial charge in [-0.1, -0.05) is 5.16 Å². The molecule has 1 N–H and O–H groups in total. The SMILES string of the molecule is Cc1nc(CN2C[C@@H](CS(=O)(=O)N(C)C)[C@@H](O)C2)no1. The van der Waals surface area contributed by atoms with Gasteiger partial charge < -0.3 is 9.63 Å². The lowest BCUT2D eigenvalue weighted by atomic mass is 10.1. The van der Waals surface area contributed by atoms with Crippen LogP contribution in [0, 0.1) is 12.8 Å². The smallest absolute Gasteiger partial charge is 0.223 e. The lowest BCUT2D eigenvalue weighted by Gasteiger charge is -2.17. The molecule has 0 aliphatic carbocycles. The quantitative estimate of drug-likeness (QED) is 0.749. The minimum Gasteiger partial charge on any atom is -0.391 e. The van der Waals surface area contributed by atoms with Gasteiger partial charge in [0.25, 0.3) is 0 Å². The van der Waals surface area contributed by atoms with Gasteiger partial charge in [-0.2, -0.15) is 4.98 Å². The van der Waals surface area contributed by atoms with E-state index in [0.29, 0.717) is 31.3 Å². The van der Waals surface area contributed by atoms with Crippen molar-refractivity contribution in [1.29, 1.82) is 0 Å². The summed E-state index contributed by atoms with van der Waals surface area (Å²) in [5.74, 6) is 0.691. The highest BCUT2D eigenvalue weighted by molar-refractivity contribution is 7.89.